The molecule has 0 aromatic heterocycles. The average Bonchev–Trinajstić information content (AvgIpc) is 2.58. The zero-order valence-electron chi connectivity index (χ0n) is 12.7. The number of carbonyl (C=O) groups excluding carboxylic acids is 2. The van der Waals surface area contributed by atoms with Crippen molar-refractivity contribution in [2.45, 2.75) is 17.7 Å². The molecule has 4 nitrogen and oxygen atoms in total. The number of fused-ring (bicyclic) bond motifs is 1. The predicted molar refractivity (Wildman–Crippen MR) is 93.8 cm³/mol. The lowest BCUT2D eigenvalue weighted by molar-refractivity contribution is -0.121. The molecule has 0 fully saturated rings. The molecule has 3 rings (SSSR count). The number of nitrogens with zero attached hydrogens (tertiary/aromatic N) is 1. The Balaban J connectivity index is 1.55. The van der Waals surface area contributed by atoms with Crippen molar-refractivity contribution in [2.24, 2.45) is 0 Å². The fraction of sp³-hybridized carbons (Fsp3) is 0.222. The van der Waals surface area contributed by atoms with Crippen molar-refractivity contribution in [1.82, 2.24) is 0 Å². The van der Waals surface area contributed by atoms with Gasteiger partial charge in [-0.25, -0.2) is 0 Å². The van der Waals surface area contributed by atoms with Crippen molar-refractivity contribution in [1.29, 1.82) is 0 Å². The molecule has 0 atom stereocenters. The monoisotopic (exact) mass is 326 g/mol. The minimum absolute atomic E-state index is 0.000890. The zero-order chi connectivity index (χ0) is 16.1. The number of carbonyl (C=O) groups is 2. The Kier molecular flexibility index (Phi) is 4.98. The van der Waals surface area contributed by atoms with Crippen LogP contribution in [0.25, 0.3) is 0 Å². The van der Waals surface area contributed by atoms with E-state index in [1.54, 1.807) is 16.7 Å². The highest BCUT2D eigenvalue weighted by Gasteiger charge is 2.25. The lowest BCUT2D eigenvalue weighted by atomic mass is 10.1. The van der Waals surface area contributed by atoms with Crippen molar-refractivity contribution in [3.8, 4) is 0 Å². The number of hydrogen-bond donors (Lipinski definition) is 1. The number of benzene rings is 2. The lowest BCUT2D eigenvalue weighted by Gasteiger charge is -2.29. The van der Waals surface area contributed by atoms with Crippen LogP contribution in [0.2, 0.25) is 0 Å². The number of thioether (sulfide) groups is 1. The molecule has 2 aromatic carbocycles. The summed E-state index contributed by atoms with van der Waals surface area (Å²) >= 11 is 1.75. The third-order valence-corrected chi connectivity index (χ3v) is 4.72. The minimum atomic E-state index is -0.143. The maximum absolute atomic E-state index is 12.5. The molecular weight excluding hydrogens is 308 g/mol. The molecular formula is C18H18N2O2S. The van der Waals surface area contributed by atoms with E-state index < -0.39 is 0 Å². The van der Waals surface area contributed by atoms with E-state index in [0.717, 1.165) is 17.9 Å². The highest BCUT2D eigenvalue weighted by molar-refractivity contribution is 7.99. The molecule has 2 aromatic rings. The van der Waals surface area contributed by atoms with Gasteiger partial charge in [0.1, 0.15) is 6.54 Å². The molecule has 0 aliphatic carbocycles. The van der Waals surface area contributed by atoms with E-state index in [-0.39, 0.29) is 18.4 Å². The lowest BCUT2D eigenvalue weighted by Crippen LogP contribution is -2.42. The van der Waals surface area contributed by atoms with E-state index in [4.69, 9.17) is 0 Å². The van der Waals surface area contributed by atoms with Gasteiger partial charge in [0, 0.05) is 11.3 Å². The fourth-order valence-electron chi connectivity index (χ4n) is 2.52. The molecule has 2 amide bonds. The van der Waals surface area contributed by atoms with Crippen LogP contribution in [0.4, 0.5) is 11.4 Å². The molecule has 1 aliphatic heterocycles. The summed E-state index contributed by atoms with van der Waals surface area (Å²) in [6.07, 6.45) is 1.24. The molecule has 1 heterocycles. The van der Waals surface area contributed by atoms with Gasteiger partial charge in [0.2, 0.25) is 11.8 Å². The van der Waals surface area contributed by atoms with Crippen LogP contribution in [0.15, 0.2) is 59.5 Å². The quantitative estimate of drug-likeness (QED) is 0.675. The van der Waals surface area contributed by atoms with Gasteiger partial charge in [-0.2, -0.15) is 0 Å². The van der Waals surface area contributed by atoms with Crippen LogP contribution in [-0.4, -0.2) is 24.1 Å². The summed E-state index contributed by atoms with van der Waals surface area (Å²) in [6.45, 7) is 0.0989. The Morgan fingerprint density at radius 3 is 2.65 bits per heavy atom. The summed E-state index contributed by atoms with van der Waals surface area (Å²) in [4.78, 5) is 27.0. The standard InChI is InChI=1S/C18H18N2O2S/c21-17-13-20(16-10-5-4-9-15(16)19-17)18(22)11-6-12-23-14-7-2-1-3-8-14/h1-5,7-10H,6,11-13H2,(H,19,21). The molecule has 1 aliphatic rings. The largest absolute Gasteiger partial charge is 0.323 e. The molecule has 0 unspecified atom stereocenters. The maximum atomic E-state index is 12.5. The van der Waals surface area contributed by atoms with E-state index in [0.29, 0.717) is 12.1 Å². The number of rotatable bonds is 5. The molecule has 0 bridgehead atoms. The number of anilines is 2. The highest BCUT2D eigenvalue weighted by Crippen LogP contribution is 2.29. The molecule has 1 N–H and O–H groups in total. The van der Waals surface area contributed by atoms with Crippen molar-refractivity contribution in [3.63, 3.8) is 0 Å². The predicted octanol–water partition coefficient (Wildman–Crippen LogP) is 3.54. The van der Waals surface area contributed by atoms with Gasteiger partial charge in [-0.05, 0) is 36.4 Å². The van der Waals surface area contributed by atoms with E-state index >= 15 is 0 Å². The first kappa shape index (κ1) is 15.6. The van der Waals surface area contributed by atoms with E-state index in [1.165, 1.54) is 4.90 Å². The molecule has 5 heteroatoms. The van der Waals surface area contributed by atoms with Crippen LogP contribution in [0.5, 0.6) is 0 Å². The summed E-state index contributed by atoms with van der Waals surface area (Å²) in [7, 11) is 0. The first-order valence-corrected chi connectivity index (χ1v) is 8.60. The summed E-state index contributed by atoms with van der Waals surface area (Å²) in [5, 5.41) is 2.80. The van der Waals surface area contributed by atoms with Gasteiger partial charge in [-0.3, -0.25) is 9.59 Å². The number of para-hydroxylation sites is 2. The van der Waals surface area contributed by atoms with Crippen molar-refractivity contribution < 1.29 is 9.59 Å². The average molecular weight is 326 g/mol. The van der Waals surface area contributed by atoms with Crippen molar-refractivity contribution in [3.05, 3.63) is 54.6 Å². The fourth-order valence-corrected chi connectivity index (χ4v) is 3.39. The molecule has 0 radical (unpaired) electrons. The Labute approximate surface area is 139 Å². The van der Waals surface area contributed by atoms with Gasteiger partial charge in [0.15, 0.2) is 0 Å². The topological polar surface area (TPSA) is 49.4 Å². The van der Waals surface area contributed by atoms with E-state index in [9.17, 15) is 9.59 Å². The Morgan fingerprint density at radius 1 is 1.09 bits per heavy atom. The first-order chi connectivity index (χ1) is 11.2. The summed E-state index contributed by atoms with van der Waals surface area (Å²) in [5.41, 5.74) is 1.49. The smallest absolute Gasteiger partial charge is 0.244 e. The second kappa shape index (κ2) is 7.33. The Morgan fingerprint density at radius 2 is 1.83 bits per heavy atom. The Bertz CT molecular complexity index is 703. The van der Waals surface area contributed by atoms with Gasteiger partial charge < -0.3 is 10.2 Å². The van der Waals surface area contributed by atoms with Crippen LogP contribution in [0.1, 0.15) is 12.8 Å². The van der Waals surface area contributed by atoms with E-state index in [1.807, 2.05) is 42.5 Å². The number of hydrogen-bond acceptors (Lipinski definition) is 3. The van der Waals surface area contributed by atoms with Gasteiger partial charge in [-0.1, -0.05) is 30.3 Å². The second-order valence-electron chi connectivity index (χ2n) is 5.31. The Hall–Kier alpha value is -2.27. The normalized spacial score (nSPS) is 13.4. The summed E-state index contributed by atoms with van der Waals surface area (Å²) < 4.78 is 0. The van der Waals surface area contributed by atoms with Crippen LogP contribution >= 0.6 is 11.8 Å². The second-order valence-corrected chi connectivity index (χ2v) is 6.48. The van der Waals surface area contributed by atoms with Gasteiger partial charge in [0.25, 0.3) is 0 Å². The van der Waals surface area contributed by atoms with Crippen LogP contribution in [0.3, 0.4) is 0 Å². The van der Waals surface area contributed by atoms with Gasteiger partial charge in [0.05, 0.1) is 11.4 Å². The van der Waals surface area contributed by atoms with Crippen molar-refractivity contribution in [2.75, 3.05) is 22.5 Å². The third kappa shape index (κ3) is 3.93. The maximum Gasteiger partial charge on any atom is 0.244 e. The van der Waals surface area contributed by atoms with Crippen molar-refractivity contribution >= 4 is 35.0 Å². The molecule has 0 saturated heterocycles. The minimum Gasteiger partial charge on any atom is -0.323 e. The molecule has 23 heavy (non-hydrogen) atoms. The summed E-state index contributed by atoms with van der Waals surface area (Å²) in [6, 6.07) is 17.6. The number of amides is 2. The molecule has 0 spiro atoms. The molecule has 0 saturated carbocycles. The van der Waals surface area contributed by atoms with E-state index in [2.05, 4.69) is 17.4 Å². The van der Waals surface area contributed by atoms with Crippen LogP contribution in [-0.2, 0) is 9.59 Å². The van der Waals surface area contributed by atoms with Crippen LogP contribution in [0, 0.1) is 0 Å². The third-order valence-electron chi connectivity index (χ3n) is 3.62. The highest BCUT2D eigenvalue weighted by atomic mass is 32.2. The van der Waals surface area contributed by atoms with Crippen LogP contribution < -0.4 is 10.2 Å². The van der Waals surface area contributed by atoms with Gasteiger partial charge >= 0.3 is 0 Å². The first-order valence-electron chi connectivity index (χ1n) is 7.61. The number of nitrogens with one attached hydrogen (secondary N) is 1. The molecule has 118 valence electrons. The zero-order valence-corrected chi connectivity index (χ0v) is 13.5. The summed E-state index contributed by atoms with van der Waals surface area (Å²) in [5.74, 6) is 0.744. The van der Waals surface area contributed by atoms with Gasteiger partial charge in [-0.15, -0.1) is 11.8 Å². The SMILES string of the molecule is O=C1CN(C(=O)CCCSc2ccccc2)c2ccccc2N1.